The van der Waals surface area contributed by atoms with Gasteiger partial charge in [0.05, 0.1) is 10.6 Å². The number of thioether (sulfide) groups is 1. The standard InChI is InChI=1S/C30H36ClN3O4S2/c1-6-28(30(36)32-21(2)3)33(19-23-9-7-8-10-27(23)31)29(35)20-34(24-13-11-22(4)12-14-24)40(37,38)26-17-15-25(39-5)16-18-26/h7-18,21,28H,6,19-20H2,1-5H3,(H,32,36)/t28-/m0/s1. The van der Waals surface area contributed by atoms with Gasteiger partial charge in [0.15, 0.2) is 0 Å². The molecule has 10 heteroatoms. The first-order chi connectivity index (χ1) is 19.0. The number of carbonyl (C=O) groups is 2. The second-order valence-corrected chi connectivity index (χ2v) is 12.9. The van der Waals surface area contributed by atoms with E-state index in [-0.39, 0.29) is 23.4 Å². The van der Waals surface area contributed by atoms with Gasteiger partial charge in [0.1, 0.15) is 12.6 Å². The van der Waals surface area contributed by atoms with Crippen molar-refractivity contribution in [3.8, 4) is 0 Å². The van der Waals surface area contributed by atoms with Gasteiger partial charge in [0, 0.05) is 22.5 Å². The Morgan fingerprint density at radius 2 is 1.60 bits per heavy atom. The molecule has 0 aromatic heterocycles. The number of anilines is 1. The maximum atomic E-state index is 14.1. The monoisotopic (exact) mass is 601 g/mol. The van der Waals surface area contributed by atoms with Gasteiger partial charge in [0.25, 0.3) is 10.0 Å². The van der Waals surface area contributed by atoms with Gasteiger partial charge in [-0.1, -0.05) is 54.4 Å². The highest BCUT2D eigenvalue weighted by molar-refractivity contribution is 7.98. The third-order valence-corrected chi connectivity index (χ3v) is 9.26. The van der Waals surface area contributed by atoms with E-state index in [1.54, 1.807) is 72.8 Å². The summed E-state index contributed by atoms with van der Waals surface area (Å²) in [4.78, 5) is 29.7. The number of hydrogen-bond acceptors (Lipinski definition) is 5. The molecule has 40 heavy (non-hydrogen) atoms. The molecule has 0 saturated carbocycles. The van der Waals surface area contributed by atoms with Crippen LogP contribution in [0.2, 0.25) is 5.02 Å². The SMILES string of the molecule is CC[C@@H](C(=O)NC(C)C)N(Cc1ccccc1Cl)C(=O)CN(c1ccc(C)cc1)S(=O)(=O)c1ccc(SC)cc1. The van der Waals surface area contributed by atoms with Gasteiger partial charge in [-0.15, -0.1) is 11.8 Å². The molecular formula is C30H36ClN3O4S2. The smallest absolute Gasteiger partial charge is 0.264 e. The summed E-state index contributed by atoms with van der Waals surface area (Å²) in [5.74, 6) is -0.828. The highest BCUT2D eigenvalue weighted by atomic mass is 35.5. The average Bonchev–Trinajstić information content (AvgIpc) is 2.92. The molecule has 0 spiro atoms. The van der Waals surface area contributed by atoms with E-state index >= 15 is 0 Å². The fourth-order valence-corrected chi connectivity index (χ4v) is 6.24. The maximum Gasteiger partial charge on any atom is 0.264 e. The number of nitrogens with one attached hydrogen (secondary N) is 1. The third kappa shape index (κ3) is 7.80. The fourth-order valence-electron chi connectivity index (χ4n) is 4.23. The van der Waals surface area contributed by atoms with E-state index in [2.05, 4.69) is 5.32 Å². The maximum absolute atomic E-state index is 14.1. The van der Waals surface area contributed by atoms with E-state index in [1.165, 1.54) is 16.7 Å². The van der Waals surface area contributed by atoms with Crippen molar-refractivity contribution in [2.24, 2.45) is 0 Å². The summed E-state index contributed by atoms with van der Waals surface area (Å²) in [7, 11) is -4.12. The largest absolute Gasteiger partial charge is 0.352 e. The Morgan fingerprint density at radius 1 is 0.975 bits per heavy atom. The van der Waals surface area contributed by atoms with E-state index < -0.39 is 28.5 Å². The van der Waals surface area contributed by atoms with Gasteiger partial charge in [-0.3, -0.25) is 13.9 Å². The van der Waals surface area contributed by atoms with Crippen molar-refractivity contribution >= 4 is 50.9 Å². The molecule has 1 atom stereocenters. The minimum absolute atomic E-state index is 0.0483. The van der Waals surface area contributed by atoms with Crippen molar-refractivity contribution in [3.63, 3.8) is 0 Å². The number of benzene rings is 3. The molecule has 0 aliphatic rings. The Kier molecular flexibility index (Phi) is 11.1. The minimum Gasteiger partial charge on any atom is -0.352 e. The lowest BCUT2D eigenvalue weighted by atomic mass is 10.1. The highest BCUT2D eigenvalue weighted by Crippen LogP contribution is 2.27. The van der Waals surface area contributed by atoms with Gasteiger partial charge in [0.2, 0.25) is 11.8 Å². The number of amides is 2. The summed E-state index contributed by atoms with van der Waals surface area (Å²) in [6.45, 7) is 6.97. The van der Waals surface area contributed by atoms with Crippen LogP contribution in [-0.2, 0) is 26.2 Å². The van der Waals surface area contributed by atoms with Gasteiger partial charge in [-0.05, 0) is 81.5 Å². The summed E-state index contributed by atoms with van der Waals surface area (Å²) in [5.41, 5.74) is 1.96. The first kappa shape index (κ1) is 31.5. The number of hydrogen-bond donors (Lipinski definition) is 1. The Hall–Kier alpha value is -3.01. The van der Waals surface area contributed by atoms with Crippen molar-refractivity contribution in [1.29, 1.82) is 0 Å². The Labute approximate surface area is 247 Å². The fraction of sp³-hybridized carbons (Fsp3) is 0.333. The van der Waals surface area contributed by atoms with Gasteiger partial charge >= 0.3 is 0 Å². The van der Waals surface area contributed by atoms with E-state index in [9.17, 15) is 18.0 Å². The van der Waals surface area contributed by atoms with Crippen LogP contribution in [0.1, 0.15) is 38.3 Å². The molecule has 0 aliphatic heterocycles. The third-order valence-electron chi connectivity index (χ3n) is 6.36. The predicted octanol–water partition coefficient (Wildman–Crippen LogP) is 5.90. The van der Waals surface area contributed by atoms with Crippen LogP contribution in [0.25, 0.3) is 0 Å². The Balaban J connectivity index is 2.07. The summed E-state index contributed by atoms with van der Waals surface area (Å²) in [6, 6.07) is 19.6. The molecule has 0 heterocycles. The van der Waals surface area contributed by atoms with Crippen LogP contribution in [-0.4, -0.2) is 50.0 Å². The lowest BCUT2D eigenvalue weighted by Crippen LogP contribution is -2.53. The molecule has 2 amide bonds. The molecule has 3 aromatic rings. The number of nitrogens with zero attached hydrogens (tertiary/aromatic N) is 2. The summed E-state index contributed by atoms with van der Waals surface area (Å²) < 4.78 is 29.0. The second kappa shape index (κ2) is 14.1. The van der Waals surface area contributed by atoms with Crippen LogP contribution in [0.3, 0.4) is 0 Å². The Morgan fingerprint density at radius 3 is 2.15 bits per heavy atom. The molecule has 0 aliphatic carbocycles. The van der Waals surface area contributed by atoms with Crippen LogP contribution in [0.15, 0.2) is 82.6 Å². The van der Waals surface area contributed by atoms with Crippen molar-refractivity contribution in [2.75, 3.05) is 17.1 Å². The highest BCUT2D eigenvalue weighted by Gasteiger charge is 2.34. The second-order valence-electron chi connectivity index (χ2n) is 9.72. The summed E-state index contributed by atoms with van der Waals surface area (Å²) >= 11 is 7.94. The molecule has 3 rings (SSSR count). The van der Waals surface area contributed by atoms with Crippen LogP contribution in [0.5, 0.6) is 0 Å². The van der Waals surface area contributed by atoms with Crippen molar-refractivity contribution < 1.29 is 18.0 Å². The van der Waals surface area contributed by atoms with Crippen LogP contribution < -0.4 is 9.62 Å². The number of aryl methyl sites for hydroxylation is 1. The van der Waals surface area contributed by atoms with Crippen molar-refractivity contribution in [3.05, 3.63) is 88.9 Å². The molecule has 0 unspecified atom stereocenters. The normalized spacial score (nSPS) is 12.2. The lowest BCUT2D eigenvalue weighted by Gasteiger charge is -2.33. The summed E-state index contributed by atoms with van der Waals surface area (Å²) in [6.07, 6.45) is 2.25. The van der Waals surface area contributed by atoms with Crippen LogP contribution in [0.4, 0.5) is 5.69 Å². The van der Waals surface area contributed by atoms with Crippen molar-refractivity contribution in [1.82, 2.24) is 10.2 Å². The zero-order valence-electron chi connectivity index (χ0n) is 23.4. The first-order valence-corrected chi connectivity index (χ1v) is 16.1. The van der Waals surface area contributed by atoms with Crippen LogP contribution in [0, 0.1) is 6.92 Å². The van der Waals surface area contributed by atoms with Gasteiger partial charge in [-0.2, -0.15) is 0 Å². The molecule has 0 bridgehead atoms. The molecule has 214 valence electrons. The van der Waals surface area contributed by atoms with Crippen LogP contribution >= 0.6 is 23.4 Å². The topological polar surface area (TPSA) is 86.8 Å². The Bertz CT molecular complexity index is 1410. The molecule has 3 aromatic carbocycles. The van der Waals surface area contributed by atoms with E-state index in [0.717, 1.165) is 14.8 Å². The minimum atomic E-state index is -4.12. The quantitative estimate of drug-likeness (QED) is 0.261. The molecule has 1 N–H and O–H groups in total. The van der Waals surface area contributed by atoms with Gasteiger partial charge in [-0.25, -0.2) is 8.42 Å². The van der Waals surface area contributed by atoms with Gasteiger partial charge < -0.3 is 10.2 Å². The van der Waals surface area contributed by atoms with E-state index in [0.29, 0.717) is 22.7 Å². The zero-order valence-corrected chi connectivity index (χ0v) is 25.8. The zero-order chi connectivity index (χ0) is 29.4. The molecular weight excluding hydrogens is 566 g/mol. The van der Waals surface area contributed by atoms with E-state index in [4.69, 9.17) is 11.6 Å². The average molecular weight is 602 g/mol. The molecule has 0 saturated heterocycles. The summed E-state index contributed by atoms with van der Waals surface area (Å²) in [5, 5.41) is 3.34. The lowest BCUT2D eigenvalue weighted by molar-refractivity contribution is -0.140. The molecule has 0 radical (unpaired) electrons. The van der Waals surface area contributed by atoms with E-state index in [1.807, 2.05) is 34.0 Å². The first-order valence-electron chi connectivity index (χ1n) is 13.0. The number of halogens is 1. The molecule has 7 nitrogen and oxygen atoms in total. The number of sulfonamides is 1. The molecule has 0 fully saturated rings. The number of rotatable bonds is 12. The predicted molar refractivity (Wildman–Crippen MR) is 163 cm³/mol. The van der Waals surface area contributed by atoms with Crippen molar-refractivity contribution in [2.45, 2.75) is 62.5 Å². The number of carbonyl (C=O) groups excluding carboxylic acids is 2.